The van der Waals surface area contributed by atoms with E-state index in [9.17, 15) is 9.59 Å². The molecule has 0 spiro atoms. The lowest BCUT2D eigenvalue weighted by Gasteiger charge is -2.11. The summed E-state index contributed by atoms with van der Waals surface area (Å²) in [6.45, 7) is 1.47. The fraction of sp³-hybridized carbons (Fsp3) is 0.263. The molecule has 0 bridgehead atoms. The topological polar surface area (TPSA) is 58.6 Å². The lowest BCUT2D eigenvalue weighted by Crippen LogP contribution is -2.31. The molecule has 1 N–H and O–H groups in total. The molecule has 0 aliphatic heterocycles. The average molecular weight is 326 g/mol. The molecule has 0 fully saturated rings. The minimum absolute atomic E-state index is 0.0236. The Bertz CT molecular complexity index is 667. The number of ketones is 1. The van der Waals surface area contributed by atoms with E-state index in [1.54, 1.807) is 36.4 Å². The molecule has 0 radical (unpaired) electrons. The summed E-state index contributed by atoms with van der Waals surface area (Å²) in [5.41, 5.74) is 2.10. The first kappa shape index (κ1) is 17.7. The van der Waals surface area contributed by atoms with Gasteiger partial charge in [-0.3, -0.25) is 4.79 Å². The SMILES string of the molecule is CN(C)CCNC(=O)OCc1ccc(C(=O)c2ccccc2)cc1. The van der Waals surface area contributed by atoms with E-state index in [1.165, 1.54) is 0 Å². The number of likely N-dealkylation sites (N-methyl/N-ethyl adjacent to an activating group) is 1. The van der Waals surface area contributed by atoms with Gasteiger partial charge in [-0.15, -0.1) is 0 Å². The first-order chi connectivity index (χ1) is 11.6. The van der Waals surface area contributed by atoms with Crippen LogP contribution in [0.1, 0.15) is 21.5 Å². The van der Waals surface area contributed by atoms with Crippen LogP contribution in [0.3, 0.4) is 0 Å². The van der Waals surface area contributed by atoms with Crippen LogP contribution in [0.2, 0.25) is 0 Å². The third kappa shape index (κ3) is 5.52. The highest BCUT2D eigenvalue weighted by Crippen LogP contribution is 2.11. The summed E-state index contributed by atoms with van der Waals surface area (Å²) in [7, 11) is 3.87. The molecular formula is C19H22N2O3. The summed E-state index contributed by atoms with van der Waals surface area (Å²) >= 11 is 0. The van der Waals surface area contributed by atoms with E-state index >= 15 is 0 Å². The molecular weight excluding hydrogens is 304 g/mol. The second kappa shape index (κ2) is 8.84. The molecule has 0 aliphatic carbocycles. The lowest BCUT2D eigenvalue weighted by molar-refractivity contribution is 0.103. The number of hydrogen-bond acceptors (Lipinski definition) is 4. The Kier molecular flexibility index (Phi) is 6.51. The molecule has 0 unspecified atom stereocenters. The molecule has 5 nitrogen and oxygen atoms in total. The van der Waals surface area contributed by atoms with Crippen molar-refractivity contribution in [1.82, 2.24) is 10.2 Å². The molecule has 2 aromatic rings. The van der Waals surface area contributed by atoms with Crippen molar-refractivity contribution in [2.45, 2.75) is 6.61 Å². The number of alkyl carbamates (subject to hydrolysis) is 1. The number of amides is 1. The standard InChI is InChI=1S/C19H22N2O3/c1-21(2)13-12-20-19(23)24-14-15-8-10-17(11-9-15)18(22)16-6-4-3-5-7-16/h3-11H,12-14H2,1-2H3,(H,20,23). The second-order valence-corrected chi connectivity index (χ2v) is 5.70. The van der Waals surface area contributed by atoms with Gasteiger partial charge in [-0.1, -0.05) is 54.6 Å². The van der Waals surface area contributed by atoms with Crippen LogP contribution in [-0.2, 0) is 11.3 Å². The van der Waals surface area contributed by atoms with E-state index in [2.05, 4.69) is 5.32 Å². The quantitative estimate of drug-likeness (QED) is 0.795. The first-order valence-corrected chi connectivity index (χ1v) is 7.80. The highest BCUT2D eigenvalue weighted by Gasteiger charge is 2.08. The first-order valence-electron chi connectivity index (χ1n) is 7.80. The molecule has 0 aromatic heterocycles. The van der Waals surface area contributed by atoms with Crippen LogP contribution in [0.25, 0.3) is 0 Å². The zero-order valence-corrected chi connectivity index (χ0v) is 14.0. The summed E-state index contributed by atoms with van der Waals surface area (Å²) in [4.78, 5) is 25.8. The van der Waals surface area contributed by atoms with Gasteiger partial charge in [0.25, 0.3) is 0 Å². The Morgan fingerprint density at radius 1 is 0.958 bits per heavy atom. The Hall–Kier alpha value is -2.66. The van der Waals surface area contributed by atoms with Gasteiger partial charge in [0.1, 0.15) is 6.61 Å². The molecule has 24 heavy (non-hydrogen) atoms. The van der Waals surface area contributed by atoms with E-state index < -0.39 is 6.09 Å². The molecule has 1 amide bonds. The van der Waals surface area contributed by atoms with Crippen molar-refractivity contribution >= 4 is 11.9 Å². The fourth-order valence-electron chi connectivity index (χ4n) is 2.09. The molecule has 5 heteroatoms. The Morgan fingerprint density at radius 3 is 2.21 bits per heavy atom. The van der Waals surface area contributed by atoms with E-state index in [4.69, 9.17) is 4.74 Å². The molecule has 126 valence electrons. The highest BCUT2D eigenvalue weighted by atomic mass is 16.5. The van der Waals surface area contributed by atoms with E-state index in [0.29, 0.717) is 17.7 Å². The van der Waals surface area contributed by atoms with Gasteiger partial charge in [0.2, 0.25) is 0 Å². The van der Waals surface area contributed by atoms with Crippen molar-refractivity contribution in [1.29, 1.82) is 0 Å². The van der Waals surface area contributed by atoms with Crippen molar-refractivity contribution in [3.8, 4) is 0 Å². The fourth-order valence-corrected chi connectivity index (χ4v) is 2.09. The highest BCUT2D eigenvalue weighted by molar-refractivity contribution is 6.08. The van der Waals surface area contributed by atoms with Crippen LogP contribution in [0, 0.1) is 0 Å². The van der Waals surface area contributed by atoms with E-state index in [0.717, 1.165) is 12.1 Å². The Labute approximate surface area is 142 Å². The van der Waals surface area contributed by atoms with Gasteiger partial charge in [-0.05, 0) is 19.7 Å². The lowest BCUT2D eigenvalue weighted by atomic mass is 10.0. The van der Waals surface area contributed by atoms with Crippen molar-refractivity contribution in [3.05, 3.63) is 71.3 Å². The van der Waals surface area contributed by atoms with Gasteiger partial charge in [-0.25, -0.2) is 4.79 Å². The molecule has 0 aliphatic rings. The number of ether oxygens (including phenoxy) is 1. The summed E-state index contributed by atoms with van der Waals surface area (Å²) in [6.07, 6.45) is -0.443. The summed E-state index contributed by atoms with van der Waals surface area (Å²) in [6, 6.07) is 16.2. The Balaban J connectivity index is 1.84. The van der Waals surface area contributed by atoms with Gasteiger partial charge < -0.3 is 15.0 Å². The maximum absolute atomic E-state index is 12.3. The third-order valence-corrected chi connectivity index (χ3v) is 3.45. The van der Waals surface area contributed by atoms with Crippen molar-refractivity contribution in [2.24, 2.45) is 0 Å². The molecule has 0 saturated carbocycles. The molecule has 0 saturated heterocycles. The summed E-state index contributed by atoms with van der Waals surface area (Å²) in [5.74, 6) is -0.0236. The van der Waals surface area contributed by atoms with Gasteiger partial charge in [0.15, 0.2) is 5.78 Å². The van der Waals surface area contributed by atoms with Crippen LogP contribution in [-0.4, -0.2) is 44.0 Å². The third-order valence-electron chi connectivity index (χ3n) is 3.45. The predicted molar refractivity (Wildman–Crippen MR) is 93.1 cm³/mol. The predicted octanol–water partition coefficient (Wildman–Crippen LogP) is 2.71. The maximum Gasteiger partial charge on any atom is 0.407 e. The summed E-state index contributed by atoms with van der Waals surface area (Å²) < 4.78 is 5.14. The van der Waals surface area contributed by atoms with Crippen LogP contribution in [0.5, 0.6) is 0 Å². The number of carbonyl (C=O) groups is 2. The average Bonchev–Trinajstić information content (AvgIpc) is 2.60. The van der Waals surface area contributed by atoms with Gasteiger partial charge >= 0.3 is 6.09 Å². The summed E-state index contributed by atoms with van der Waals surface area (Å²) in [5, 5.41) is 2.68. The Morgan fingerprint density at radius 2 is 1.58 bits per heavy atom. The minimum atomic E-state index is -0.443. The second-order valence-electron chi connectivity index (χ2n) is 5.70. The molecule has 0 atom stereocenters. The molecule has 2 rings (SSSR count). The zero-order chi connectivity index (χ0) is 17.4. The number of nitrogens with one attached hydrogen (secondary N) is 1. The zero-order valence-electron chi connectivity index (χ0n) is 14.0. The van der Waals surface area contributed by atoms with Crippen LogP contribution < -0.4 is 5.32 Å². The van der Waals surface area contributed by atoms with Gasteiger partial charge in [0, 0.05) is 24.2 Å². The minimum Gasteiger partial charge on any atom is -0.445 e. The van der Waals surface area contributed by atoms with Crippen LogP contribution in [0.4, 0.5) is 4.79 Å². The van der Waals surface area contributed by atoms with Gasteiger partial charge in [-0.2, -0.15) is 0 Å². The number of carbonyl (C=O) groups excluding carboxylic acids is 2. The van der Waals surface area contributed by atoms with Gasteiger partial charge in [0.05, 0.1) is 0 Å². The largest absolute Gasteiger partial charge is 0.445 e. The van der Waals surface area contributed by atoms with Crippen molar-refractivity contribution in [3.63, 3.8) is 0 Å². The van der Waals surface area contributed by atoms with Crippen molar-refractivity contribution in [2.75, 3.05) is 27.2 Å². The smallest absolute Gasteiger partial charge is 0.407 e. The van der Waals surface area contributed by atoms with Crippen LogP contribution in [0.15, 0.2) is 54.6 Å². The number of nitrogens with zero attached hydrogens (tertiary/aromatic N) is 1. The van der Waals surface area contributed by atoms with E-state index in [-0.39, 0.29) is 12.4 Å². The maximum atomic E-state index is 12.3. The number of benzene rings is 2. The number of rotatable bonds is 7. The monoisotopic (exact) mass is 326 g/mol. The molecule has 0 heterocycles. The normalized spacial score (nSPS) is 10.5. The van der Waals surface area contributed by atoms with Crippen molar-refractivity contribution < 1.29 is 14.3 Å². The van der Waals surface area contributed by atoms with E-state index in [1.807, 2.05) is 37.2 Å². The molecule has 2 aromatic carbocycles. The van der Waals surface area contributed by atoms with Crippen LogP contribution >= 0.6 is 0 Å². The number of hydrogen-bond donors (Lipinski definition) is 1.